The predicted octanol–water partition coefficient (Wildman–Crippen LogP) is 2.53. The van der Waals surface area contributed by atoms with Crippen LogP contribution in [0.3, 0.4) is 0 Å². The van der Waals surface area contributed by atoms with Crippen LogP contribution in [-0.2, 0) is 6.42 Å². The van der Waals surface area contributed by atoms with Crippen molar-refractivity contribution in [3.63, 3.8) is 0 Å². The van der Waals surface area contributed by atoms with E-state index < -0.39 is 0 Å². The molecule has 1 aliphatic carbocycles. The Balaban J connectivity index is 2.06. The number of benzene rings is 1. The summed E-state index contributed by atoms with van der Waals surface area (Å²) in [5.41, 5.74) is 1.05. The quantitative estimate of drug-likeness (QED) is 0.811. The summed E-state index contributed by atoms with van der Waals surface area (Å²) in [5.74, 6) is 1.59. The highest BCUT2D eigenvalue weighted by atomic mass is 16.5. The maximum atomic E-state index is 9.66. The highest BCUT2D eigenvalue weighted by Gasteiger charge is 2.39. The van der Waals surface area contributed by atoms with Crippen molar-refractivity contribution < 1.29 is 14.6 Å². The average molecular weight is 293 g/mol. The summed E-state index contributed by atoms with van der Waals surface area (Å²) in [6, 6.07) is 6.11. The molecule has 2 N–H and O–H groups in total. The van der Waals surface area contributed by atoms with Crippen LogP contribution in [0.2, 0.25) is 0 Å². The molecule has 0 heterocycles. The number of likely N-dealkylation sites (N-methyl/N-ethyl adjacent to an activating group) is 1. The number of rotatable bonds is 7. The lowest BCUT2D eigenvalue weighted by atomic mass is 9.99. The zero-order valence-corrected chi connectivity index (χ0v) is 13.3. The molecule has 2 atom stereocenters. The molecular weight excluding hydrogens is 266 g/mol. The van der Waals surface area contributed by atoms with Crippen LogP contribution in [0, 0.1) is 0 Å². The van der Waals surface area contributed by atoms with Crippen LogP contribution in [0.1, 0.15) is 38.7 Å². The summed E-state index contributed by atoms with van der Waals surface area (Å²) in [4.78, 5) is 0. The molecule has 0 bridgehead atoms. The van der Waals surface area contributed by atoms with Gasteiger partial charge < -0.3 is 19.9 Å². The molecule has 118 valence electrons. The minimum absolute atomic E-state index is 0.123. The van der Waals surface area contributed by atoms with Gasteiger partial charge in [0, 0.05) is 12.0 Å². The normalized spacial score (nSPS) is 25.0. The van der Waals surface area contributed by atoms with Crippen molar-refractivity contribution in [2.45, 2.75) is 51.2 Å². The Labute approximate surface area is 127 Å². The fraction of sp³-hybridized carbons (Fsp3) is 0.647. The van der Waals surface area contributed by atoms with Crippen molar-refractivity contribution in [2.75, 3.05) is 20.3 Å². The number of aliphatic hydroxyl groups is 1. The standard InChI is InChI=1S/C17H27NO3/c1-4-13-6-7-15(16(10-13)20-3)21-14-8-9-17(11-14,12-19)18-5-2/h6-7,10,14,18-19H,4-5,8-9,11-12H2,1-3H3. The molecule has 21 heavy (non-hydrogen) atoms. The number of hydrogen-bond donors (Lipinski definition) is 2. The number of aliphatic hydroxyl groups excluding tert-OH is 1. The molecule has 0 aliphatic heterocycles. The molecule has 0 saturated heterocycles. The van der Waals surface area contributed by atoms with Crippen LogP contribution in [0.4, 0.5) is 0 Å². The first-order valence-electron chi connectivity index (χ1n) is 7.85. The highest BCUT2D eigenvalue weighted by Crippen LogP contribution is 2.36. The predicted molar refractivity (Wildman–Crippen MR) is 84.1 cm³/mol. The van der Waals surface area contributed by atoms with E-state index in [1.54, 1.807) is 7.11 Å². The van der Waals surface area contributed by atoms with Crippen molar-refractivity contribution in [1.82, 2.24) is 5.32 Å². The second-order valence-electron chi connectivity index (χ2n) is 5.79. The molecule has 1 fully saturated rings. The van der Waals surface area contributed by atoms with Gasteiger partial charge in [0.25, 0.3) is 0 Å². The SMILES string of the molecule is CCNC1(CO)CCC(Oc2ccc(CC)cc2OC)C1. The van der Waals surface area contributed by atoms with E-state index in [2.05, 4.69) is 25.2 Å². The van der Waals surface area contributed by atoms with E-state index in [0.29, 0.717) is 0 Å². The third-order valence-electron chi connectivity index (χ3n) is 4.35. The van der Waals surface area contributed by atoms with Gasteiger partial charge in [0.1, 0.15) is 6.10 Å². The van der Waals surface area contributed by atoms with Crippen LogP contribution in [0.5, 0.6) is 11.5 Å². The Morgan fingerprint density at radius 3 is 2.76 bits per heavy atom. The summed E-state index contributed by atoms with van der Waals surface area (Å²) in [7, 11) is 1.67. The van der Waals surface area contributed by atoms with Crippen LogP contribution in [0.15, 0.2) is 18.2 Å². The van der Waals surface area contributed by atoms with Gasteiger partial charge in [-0.25, -0.2) is 0 Å². The number of aryl methyl sites for hydroxylation is 1. The molecule has 0 amide bonds. The van der Waals surface area contributed by atoms with Crippen molar-refractivity contribution >= 4 is 0 Å². The van der Waals surface area contributed by atoms with E-state index in [0.717, 1.165) is 43.7 Å². The summed E-state index contributed by atoms with van der Waals surface area (Å²) in [6.07, 6.45) is 3.82. The first-order chi connectivity index (χ1) is 10.2. The molecule has 1 aromatic carbocycles. The maximum Gasteiger partial charge on any atom is 0.161 e. The van der Waals surface area contributed by atoms with E-state index in [-0.39, 0.29) is 18.2 Å². The van der Waals surface area contributed by atoms with E-state index in [1.165, 1.54) is 5.56 Å². The topological polar surface area (TPSA) is 50.7 Å². The number of ether oxygens (including phenoxy) is 2. The van der Waals surface area contributed by atoms with Gasteiger partial charge in [0.15, 0.2) is 11.5 Å². The molecular formula is C17H27NO3. The van der Waals surface area contributed by atoms with Crippen molar-refractivity contribution in [2.24, 2.45) is 0 Å². The number of hydrogen-bond acceptors (Lipinski definition) is 4. The molecule has 0 radical (unpaired) electrons. The average Bonchev–Trinajstić information content (AvgIpc) is 2.91. The maximum absolute atomic E-state index is 9.66. The first-order valence-corrected chi connectivity index (χ1v) is 7.85. The van der Waals surface area contributed by atoms with Gasteiger partial charge in [-0.2, -0.15) is 0 Å². The van der Waals surface area contributed by atoms with E-state index in [1.807, 2.05) is 12.1 Å². The lowest BCUT2D eigenvalue weighted by molar-refractivity contribution is 0.140. The van der Waals surface area contributed by atoms with Crippen molar-refractivity contribution in [3.05, 3.63) is 23.8 Å². The third kappa shape index (κ3) is 3.69. The Bertz CT molecular complexity index is 463. The summed E-state index contributed by atoms with van der Waals surface area (Å²) >= 11 is 0. The lowest BCUT2D eigenvalue weighted by Crippen LogP contribution is -2.46. The van der Waals surface area contributed by atoms with E-state index in [4.69, 9.17) is 9.47 Å². The lowest BCUT2D eigenvalue weighted by Gasteiger charge is -2.28. The molecule has 0 spiro atoms. The molecule has 4 nitrogen and oxygen atoms in total. The van der Waals surface area contributed by atoms with Gasteiger partial charge in [-0.15, -0.1) is 0 Å². The smallest absolute Gasteiger partial charge is 0.161 e. The van der Waals surface area contributed by atoms with Gasteiger partial charge in [-0.3, -0.25) is 0 Å². The van der Waals surface area contributed by atoms with E-state index in [9.17, 15) is 5.11 Å². The fourth-order valence-electron chi connectivity index (χ4n) is 3.12. The Kier molecular flexibility index (Phi) is 5.48. The van der Waals surface area contributed by atoms with E-state index >= 15 is 0 Å². The highest BCUT2D eigenvalue weighted by molar-refractivity contribution is 5.43. The molecule has 1 aromatic rings. The monoisotopic (exact) mass is 293 g/mol. The summed E-state index contributed by atoms with van der Waals surface area (Å²) < 4.78 is 11.6. The van der Waals surface area contributed by atoms with Gasteiger partial charge in [0.05, 0.1) is 13.7 Å². The number of nitrogens with one attached hydrogen (secondary N) is 1. The second-order valence-corrected chi connectivity index (χ2v) is 5.79. The molecule has 4 heteroatoms. The fourth-order valence-corrected chi connectivity index (χ4v) is 3.12. The Morgan fingerprint density at radius 1 is 1.33 bits per heavy atom. The molecule has 0 aromatic heterocycles. The first kappa shape index (κ1) is 16.1. The summed E-state index contributed by atoms with van der Waals surface area (Å²) in [6.45, 7) is 5.21. The van der Waals surface area contributed by atoms with Crippen molar-refractivity contribution in [1.29, 1.82) is 0 Å². The zero-order chi connectivity index (χ0) is 15.3. The largest absolute Gasteiger partial charge is 0.493 e. The van der Waals surface area contributed by atoms with Gasteiger partial charge in [-0.05, 0) is 43.5 Å². The van der Waals surface area contributed by atoms with Gasteiger partial charge >= 0.3 is 0 Å². The van der Waals surface area contributed by atoms with Gasteiger partial charge in [-0.1, -0.05) is 19.9 Å². The molecule has 2 unspecified atom stereocenters. The Hall–Kier alpha value is -1.26. The molecule has 1 aliphatic rings. The third-order valence-corrected chi connectivity index (χ3v) is 4.35. The van der Waals surface area contributed by atoms with Crippen molar-refractivity contribution in [3.8, 4) is 11.5 Å². The second kappa shape index (κ2) is 7.14. The Morgan fingerprint density at radius 2 is 2.14 bits per heavy atom. The molecule has 1 saturated carbocycles. The van der Waals surface area contributed by atoms with Crippen LogP contribution >= 0.6 is 0 Å². The van der Waals surface area contributed by atoms with Gasteiger partial charge in [0.2, 0.25) is 0 Å². The minimum atomic E-state index is -0.185. The molecule has 2 rings (SSSR count). The minimum Gasteiger partial charge on any atom is -0.493 e. The van der Waals surface area contributed by atoms with Crippen LogP contribution in [-0.4, -0.2) is 37.0 Å². The number of methoxy groups -OCH3 is 1. The van der Waals surface area contributed by atoms with Crippen LogP contribution < -0.4 is 14.8 Å². The zero-order valence-electron chi connectivity index (χ0n) is 13.3. The summed E-state index contributed by atoms with van der Waals surface area (Å²) in [5, 5.41) is 13.1. The van der Waals surface area contributed by atoms with Crippen LogP contribution in [0.25, 0.3) is 0 Å².